The summed E-state index contributed by atoms with van der Waals surface area (Å²) >= 11 is 0. The molecule has 0 aromatic rings. The number of hydrogen-bond acceptors (Lipinski definition) is 4. The molecular formula is C14H29N3O2. The maximum absolute atomic E-state index is 8.98. The summed E-state index contributed by atoms with van der Waals surface area (Å²) in [6, 6.07) is 0. The zero-order valence-corrected chi connectivity index (χ0v) is 12.3. The quantitative estimate of drug-likeness (QED) is 0.160. The van der Waals surface area contributed by atoms with E-state index in [2.05, 4.69) is 10.5 Å². The van der Waals surface area contributed by atoms with Crippen LogP contribution in [0.2, 0.25) is 0 Å². The van der Waals surface area contributed by atoms with Crippen LogP contribution in [0.15, 0.2) is 5.16 Å². The first kappa shape index (κ1) is 16.2. The molecule has 0 saturated heterocycles. The van der Waals surface area contributed by atoms with E-state index in [0.29, 0.717) is 17.9 Å². The molecule has 0 spiro atoms. The first-order chi connectivity index (χ1) is 8.96. The van der Waals surface area contributed by atoms with Gasteiger partial charge < -0.3 is 21.4 Å². The van der Waals surface area contributed by atoms with E-state index in [1.54, 1.807) is 0 Å². The van der Waals surface area contributed by atoms with Crippen molar-refractivity contribution in [1.29, 1.82) is 0 Å². The Balaban J connectivity index is 2.06. The normalized spacial score (nSPS) is 18.6. The number of rotatable bonds is 10. The molecule has 0 atom stereocenters. The van der Waals surface area contributed by atoms with Crippen LogP contribution in [0, 0.1) is 10.8 Å². The van der Waals surface area contributed by atoms with E-state index in [4.69, 9.17) is 16.0 Å². The molecule has 0 aromatic heterocycles. The third-order valence-corrected chi connectivity index (χ3v) is 4.31. The number of oxime groups is 1. The minimum absolute atomic E-state index is 0.233. The lowest BCUT2D eigenvalue weighted by Crippen LogP contribution is -2.32. The van der Waals surface area contributed by atoms with Gasteiger partial charge in [-0.2, -0.15) is 0 Å². The van der Waals surface area contributed by atoms with E-state index in [0.717, 1.165) is 38.8 Å². The van der Waals surface area contributed by atoms with Gasteiger partial charge in [-0.1, -0.05) is 25.4 Å². The summed E-state index contributed by atoms with van der Waals surface area (Å²) in [6.45, 7) is 6.32. The van der Waals surface area contributed by atoms with Gasteiger partial charge in [-0.3, -0.25) is 0 Å². The van der Waals surface area contributed by atoms with E-state index >= 15 is 0 Å². The average molecular weight is 271 g/mol. The Hall–Kier alpha value is -0.810. The van der Waals surface area contributed by atoms with Crippen molar-refractivity contribution in [1.82, 2.24) is 5.32 Å². The number of unbranched alkanes of at least 4 members (excludes halogenated alkanes) is 1. The third-order valence-electron chi connectivity index (χ3n) is 4.31. The van der Waals surface area contributed by atoms with Crippen molar-refractivity contribution >= 4 is 5.84 Å². The van der Waals surface area contributed by atoms with Gasteiger partial charge >= 0.3 is 0 Å². The Kier molecular flexibility index (Phi) is 6.07. The second kappa shape index (κ2) is 7.10. The predicted molar refractivity (Wildman–Crippen MR) is 77.3 cm³/mol. The van der Waals surface area contributed by atoms with Gasteiger partial charge in [0.15, 0.2) is 0 Å². The molecule has 1 rings (SSSR count). The van der Waals surface area contributed by atoms with Gasteiger partial charge in [-0.15, -0.1) is 0 Å². The van der Waals surface area contributed by atoms with Crippen LogP contribution in [-0.4, -0.2) is 35.8 Å². The van der Waals surface area contributed by atoms with Gasteiger partial charge in [0.05, 0.1) is 0 Å². The average Bonchev–Trinajstić information content (AvgIpc) is 3.13. The molecule has 0 aromatic carbocycles. The highest BCUT2D eigenvalue weighted by atomic mass is 16.4. The summed E-state index contributed by atoms with van der Waals surface area (Å²) in [5.41, 5.74) is 5.81. The second-order valence-corrected chi connectivity index (χ2v) is 6.48. The molecule has 0 bridgehead atoms. The van der Waals surface area contributed by atoms with Crippen molar-refractivity contribution in [3.8, 4) is 0 Å². The van der Waals surface area contributed by atoms with Gasteiger partial charge in [-0.25, -0.2) is 0 Å². The van der Waals surface area contributed by atoms with Gasteiger partial charge in [0, 0.05) is 18.6 Å². The van der Waals surface area contributed by atoms with Crippen LogP contribution in [0.5, 0.6) is 0 Å². The molecular weight excluding hydrogens is 242 g/mol. The molecule has 0 amide bonds. The Morgan fingerprint density at radius 3 is 2.58 bits per heavy atom. The lowest BCUT2D eigenvalue weighted by atomic mass is 9.86. The van der Waals surface area contributed by atoms with E-state index in [-0.39, 0.29) is 5.41 Å². The summed E-state index contributed by atoms with van der Waals surface area (Å²) in [6.07, 6.45) is 6.50. The molecule has 0 aliphatic heterocycles. The number of amidine groups is 1. The van der Waals surface area contributed by atoms with Crippen molar-refractivity contribution in [3.05, 3.63) is 0 Å². The Morgan fingerprint density at radius 2 is 2.05 bits per heavy atom. The zero-order valence-electron chi connectivity index (χ0n) is 12.3. The maximum Gasteiger partial charge on any atom is 0.144 e. The minimum atomic E-state index is -0.233. The highest BCUT2D eigenvalue weighted by Crippen LogP contribution is 2.47. The van der Waals surface area contributed by atoms with Crippen molar-refractivity contribution in [3.63, 3.8) is 0 Å². The molecule has 0 unspecified atom stereocenters. The topological polar surface area (TPSA) is 90.9 Å². The molecule has 19 heavy (non-hydrogen) atoms. The SMILES string of the molecule is CC(C)(CCCCNCC1(CCO)CC1)C(N)=NO. The first-order valence-electron chi connectivity index (χ1n) is 7.25. The largest absolute Gasteiger partial charge is 0.409 e. The molecule has 1 aliphatic carbocycles. The predicted octanol–water partition coefficient (Wildman–Crippen LogP) is 1.68. The zero-order chi connectivity index (χ0) is 14.4. The highest BCUT2D eigenvalue weighted by molar-refractivity contribution is 5.85. The number of nitrogens with one attached hydrogen (secondary N) is 1. The van der Waals surface area contributed by atoms with E-state index in [1.807, 2.05) is 13.8 Å². The van der Waals surface area contributed by atoms with E-state index in [9.17, 15) is 0 Å². The smallest absolute Gasteiger partial charge is 0.144 e. The standard InChI is InChI=1S/C14H29N3O2/c1-13(2,12(15)17-19)5-3-4-9-16-11-14(6-7-14)8-10-18/h16,18-19H,3-11H2,1-2H3,(H2,15,17). The molecule has 0 radical (unpaired) electrons. The fourth-order valence-corrected chi connectivity index (χ4v) is 2.36. The molecule has 5 N–H and O–H groups in total. The van der Waals surface area contributed by atoms with Gasteiger partial charge in [0.1, 0.15) is 5.84 Å². The minimum Gasteiger partial charge on any atom is -0.409 e. The fourth-order valence-electron chi connectivity index (χ4n) is 2.36. The van der Waals surface area contributed by atoms with Gasteiger partial charge in [-0.05, 0) is 44.1 Å². The van der Waals surface area contributed by atoms with Crippen LogP contribution >= 0.6 is 0 Å². The molecule has 1 aliphatic rings. The summed E-state index contributed by atoms with van der Waals surface area (Å²) in [7, 11) is 0. The van der Waals surface area contributed by atoms with Gasteiger partial charge in [0.2, 0.25) is 0 Å². The van der Waals surface area contributed by atoms with Crippen molar-refractivity contribution in [2.24, 2.45) is 21.7 Å². The molecule has 0 heterocycles. The van der Waals surface area contributed by atoms with E-state index in [1.165, 1.54) is 12.8 Å². The first-order valence-corrected chi connectivity index (χ1v) is 7.25. The summed E-state index contributed by atoms with van der Waals surface area (Å²) in [5, 5.41) is 24.2. The fraction of sp³-hybridized carbons (Fsp3) is 0.929. The highest BCUT2D eigenvalue weighted by Gasteiger charge is 2.41. The molecule has 5 heteroatoms. The van der Waals surface area contributed by atoms with E-state index < -0.39 is 0 Å². The number of hydrogen-bond donors (Lipinski definition) is 4. The Labute approximate surface area is 116 Å². The molecule has 1 saturated carbocycles. The van der Waals surface area contributed by atoms with Crippen molar-refractivity contribution in [2.75, 3.05) is 19.7 Å². The summed E-state index contributed by atoms with van der Waals surface area (Å²) in [5.74, 6) is 0.306. The second-order valence-electron chi connectivity index (χ2n) is 6.48. The Bertz CT molecular complexity index is 299. The molecule has 112 valence electrons. The number of aliphatic hydroxyl groups is 1. The Morgan fingerprint density at radius 1 is 1.37 bits per heavy atom. The van der Waals surface area contributed by atoms with Crippen LogP contribution in [-0.2, 0) is 0 Å². The van der Waals surface area contributed by atoms with Crippen molar-refractivity contribution in [2.45, 2.75) is 52.4 Å². The summed E-state index contributed by atoms with van der Waals surface area (Å²) < 4.78 is 0. The van der Waals surface area contributed by atoms with Crippen LogP contribution in [0.4, 0.5) is 0 Å². The summed E-state index contributed by atoms with van der Waals surface area (Å²) in [4.78, 5) is 0. The van der Waals surface area contributed by atoms with Gasteiger partial charge in [0.25, 0.3) is 0 Å². The van der Waals surface area contributed by atoms with Crippen LogP contribution in [0.1, 0.15) is 52.4 Å². The molecule has 5 nitrogen and oxygen atoms in total. The number of nitrogens with zero attached hydrogens (tertiary/aromatic N) is 1. The van der Waals surface area contributed by atoms with Crippen LogP contribution in [0.25, 0.3) is 0 Å². The van der Waals surface area contributed by atoms with Crippen molar-refractivity contribution < 1.29 is 10.3 Å². The van der Waals surface area contributed by atoms with Crippen LogP contribution < -0.4 is 11.1 Å². The third kappa shape index (κ3) is 5.37. The monoisotopic (exact) mass is 271 g/mol. The lowest BCUT2D eigenvalue weighted by Gasteiger charge is -2.22. The maximum atomic E-state index is 8.98. The number of nitrogens with two attached hydrogens (primary N) is 1. The number of aliphatic hydroxyl groups excluding tert-OH is 1. The van der Waals surface area contributed by atoms with Crippen LogP contribution in [0.3, 0.4) is 0 Å². The molecule has 1 fully saturated rings. The lowest BCUT2D eigenvalue weighted by molar-refractivity contribution is 0.245.